The third-order valence-electron chi connectivity index (χ3n) is 4.59. The molecule has 2 aromatic heterocycles. The van der Waals surface area contributed by atoms with Crippen LogP contribution in [0.25, 0.3) is 11.3 Å². The Morgan fingerprint density at radius 2 is 1.96 bits per heavy atom. The van der Waals surface area contributed by atoms with Crippen LogP contribution < -0.4 is 5.32 Å². The number of hydrogen-bond acceptors (Lipinski definition) is 4. The number of aromatic nitrogens is 1. The molecule has 7 heteroatoms. The van der Waals surface area contributed by atoms with Crippen molar-refractivity contribution in [1.82, 2.24) is 15.2 Å². The summed E-state index contributed by atoms with van der Waals surface area (Å²) in [5.41, 5.74) is 1.63. The Kier molecular flexibility index (Phi) is 4.87. The zero-order valence-corrected chi connectivity index (χ0v) is 15.2. The van der Waals surface area contributed by atoms with Crippen molar-refractivity contribution in [2.24, 2.45) is 0 Å². The summed E-state index contributed by atoms with van der Waals surface area (Å²) in [5.74, 6) is 1.05. The van der Waals surface area contributed by atoms with E-state index in [9.17, 15) is 9.50 Å². The number of aliphatic hydroxyl groups excluding tert-OH is 1. The fourth-order valence-corrected chi connectivity index (χ4v) is 3.68. The first-order chi connectivity index (χ1) is 13.2. The lowest BCUT2D eigenvalue weighted by molar-refractivity contribution is 0.209. The second-order valence-electron chi connectivity index (χ2n) is 6.25. The molecule has 0 amide bonds. The van der Waals surface area contributed by atoms with Gasteiger partial charge in [-0.15, -0.1) is 0 Å². The maximum atomic E-state index is 13.2. The molecule has 27 heavy (non-hydrogen) atoms. The second-order valence-corrected chi connectivity index (χ2v) is 6.64. The molecule has 3 aromatic rings. The lowest BCUT2D eigenvalue weighted by Crippen LogP contribution is -2.32. The first-order valence-corrected chi connectivity index (χ1v) is 9.03. The van der Waals surface area contributed by atoms with E-state index < -0.39 is 0 Å². The number of hydrogen-bond donors (Lipinski definition) is 2. The zero-order chi connectivity index (χ0) is 18.8. The van der Waals surface area contributed by atoms with Crippen LogP contribution in [0.4, 0.5) is 4.39 Å². The fraction of sp³-hybridized carbons (Fsp3) is 0.200. The largest absolute Gasteiger partial charge is 0.459 e. The van der Waals surface area contributed by atoms with E-state index in [1.807, 2.05) is 35.2 Å². The van der Waals surface area contributed by atoms with E-state index in [0.717, 1.165) is 11.3 Å². The highest BCUT2D eigenvalue weighted by Crippen LogP contribution is 2.40. The van der Waals surface area contributed by atoms with Crippen molar-refractivity contribution < 1.29 is 13.9 Å². The average Bonchev–Trinajstić information content (AvgIpc) is 3.29. The summed E-state index contributed by atoms with van der Waals surface area (Å²) in [5, 5.41) is 13.3. The van der Waals surface area contributed by atoms with Crippen LogP contribution in [0.1, 0.15) is 23.5 Å². The van der Waals surface area contributed by atoms with Gasteiger partial charge in [0.15, 0.2) is 5.11 Å². The van der Waals surface area contributed by atoms with Crippen LogP contribution in [0.5, 0.6) is 0 Å². The molecule has 0 bridgehead atoms. The molecule has 0 saturated carbocycles. The Labute approximate surface area is 161 Å². The minimum absolute atomic E-state index is 0.0290. The minimum atomic E-state index is -0.291. The van der Waals surface area contributed by atoms with Crippen LogP contribution >= 0.6 is 12.2 Å². The first-order valence-electron chi connectivity index (χ1n) is 8.62. The van der Waals surface area contributed by atoms with E-state index in [1.165, 1.54) is 12.1 Å². The van der Waals surface area contributed by atoms with Gasteiger partial charge in [-0.3, -0.25) is 4.98 Å². The van der Waals surface area contributed by atoms with Gasteiger partial charge in [-0.25, -0.2) is 4.39 Å². The van der Waals surface area contributed by atoms with Gasteiger partial charge in [0.2, 0.25) is 0 Å². The number of aliphatic hydroxyl groups is 1. The molecule has 1 fully saturated rings. The maximum Gasteiger partial charge on any atom is 0.170 e. The van der Waals surface area contributed by atoms with Gasteiger partial charge in [-0.1, -0.05) is 6.07 Å². The number of nitrogens with one attached hydrogen (secondary N) is 1. The Hall–Kier alpha value is -2.77. The molecule has 4 rings (SSSR count). The molecule has 1 aliphatic rings. The quantitative estimate of drug-likeness (QED) is 0.658. The molecule has 0 spiro atoms. The summed E-state index contributed by atoms with van der Waals surface area (Å²) >= 11 is 5.47. The molecular weight excluding hydrogens is 365 g/mol. The van der Waals surface area contributed by atoms with Gasteiger partial charge in [-0.05, 0) is 60.7 Å². The third-order valence-corrected chi connectivity index (χ3v) is 4.94. The van der Waals surface area contributed by atoms with E-state index in [4.69, 9.17) is 16.6 Å². The van der Waals surface area contributed by atoms with E-state index >= 15 is 0 Å². The maximum absolute atomic E-state index is 13.2. The topological polar surface area (TPSA) is 61.5 Å². The van der Waals surface area contributed by atoms with Gasteiger partial charge in [0.1, 0.15) is 23.4 Å². The number of thiocarbonyl (C=S) groups is 1. The SMILES string of the molecule is OCCN1C(=S)NC(c2ccccn2)C1c1ccc(-c2ccc(F)cc2)o1. The molecule has 0 aliphatic carbocycles. The Bertz CT molecular complexity index is 930. The molecule has 3 heterocycles. The molecule has 0 radical (unpaired) electrons. The van der Waals surface area contributed by atoms with E-state index in [-0.39, 0.29) is 24.5 Å². The number of rotatable bonds is 5. The Morgan fingerprint density at radius 1 is 1.15 bits per heavy atom. The standard InChI is InChI=1S/C20H18FN3O2S/c21-14-6-4-13(5-7-14)16-8-9-17(26-16)19-18(15-3-1-2-10-22-15)23-20(27)24(19)11-12-25/h1-10,18-19,25H,11-12H2,(H,23,27). The van der Waals surface area contributed by atoms with Crippen LogP contribution in [0.3, 0.4) is 0 Å². The smallest absolute Gasteiger partial charge is 0.170 e. The number of furan rings is 1. The van der Waals surface area contributed by atoms with E-state index in [0.29, 0.717) is 23.2 Å². The van der Waals surface area contributed by atoms with E-state index in [2.05, 4.69) is 10.3 Å². The highest BCUT2D eigenvalue weighted by Gasteiger charge is 2.41. The Balaban J connectivity index is 1.71. The molecule has 1 aliphatic heterocycles. The zero-order valence-electron chi connectivity index (χ0n) is 14.4. The van der Waals surface area contributed by atoms with Crippen LogP contribution in [-0.2, 0) is 0 Å². The van der Waals surface area contributed by atoms with Crippen molar-refractivity contribution >= 4 is 17.3 Å². The molecular formula is C20H18FN3O2S. The Morgan fingerprint density at radius 3 is 2.67 bits per heavy atom. The molecule has 1 aromatic carbocycles. The normalized spacial score (nSPS) is 19.3. The lowest BCUT2D eigenvalue weighted by Gasteiger charge is -2.25. The van der Waals surface area contributed by atoms with Crippen molar-refractivity contribution in [2.45, 2.75) is 12.1 Å². The number of nitrogens with zero attached hydrogens (tertiary/aromatic N) is 2. The van der Waals surface area contributed by atoms with Crippen molar-refractivity contribution in [1.29, 1.82) is 0 Å². The summed E-state index contributed by atoms with van der Waals surface area (Å²) < 4.78 is 19.3. The lowest BCUT2D eigenvalue weighted by atomic mass is 10.0. The highest BCUT2D eigenvalue weighted by molar-refractivity contribution is 7.80. The first kappa shape index (κ1) is 17.6. The number of benzene rings is 1. The number of pyridine rings is 1. The van der Waals surface area contributed by atoms with Gasteiger partial charge in [0.05, 0.1) is 18.3 Å². The van der Waals surface area contributed by atoms with Crippen molar-refractivity contribution in [3.63, 3.8) is 0 Å². The van der Waals surface area contributed by atoms with E-state index in [1.54, 1.807) is 18.3 Å². The predicted molar refractivity (Wildman–Crippen MR) is 103 cm³/mol. The number of halogens is 1. The van der Waals surface area contributed by atoms with Gasteiger partial charge in [0, 0.05) is 18.3 Å². The van der Waals surface area contributed by atoms with Gasteiger partial charge < -0.3 is 19.7 Å². The summed E-state index contributed by atoms with van der Waals surface area (Å²) in [7, 11) is 0. The van der Waals surface area contributed by atoms with Gasteiger partial charge in [-0.2, -0.15) is 0 Å². The van der Waals surface area contributed by atoms with Crippen LogP contribution in [0.2, 0.25) is 0 Å². The van der Waals surface area contributed by atoms with Crippen molar-refractivity contribution in [2.75, 3.05) is 13.2 Å². The third kappa shape index (κ3) is 3.43. The second kappa shape index (κ2) is 7.46. The van der Waals surface area contributed by atoms with Crippen LogP contribution in [-0.4, -0.2) is 33.3 Å². The van der Waals surface area contributed by atoms with Crippen molar-refractivity contribution in [3.05, 3.63) is 78.1 Å². The summed E-state index contributed by atoms with van der Waals surface area (Å²) in [6.07, 6.45) is 1.73. The van der Waals surface area contributed by atoms with Crippen LogP contribution in [0, 0.1) is 5.82 Å². The summed E-state index contributed by atoms with van der Waals surface area (Å²) in [6.45, 7) is 0.352. The predicted octanol–water partition coefficient (Wildman–Crippen LogP) is 3.45. The minimum Gasteiger partial charge on any atom is -0.459 e. The summed E-state index contributed by atoms with van der Waals surface area (Å²) in [4.78, 5) is 6.35. The molecule has 138 valence electrons. The van der Waals surface area contributed by atoms with Crippen molar-refractivity contribution in [3.8, 4) is 11.3 Å². The monoisotopic (exact) mass is 383 g/mol. The molecule has 2 atom stereocenters. The van der Waals surface area contributed by atoms with Crippen LogP contribution in [0.15, 0.2) is 65.2 Å². The number of β-amino-alcohol motifs (C(OH)–C–C–N with tert-alkyl or cyclic N) is 1. The molecule has 2 unspecified atom stereocenters. The van der Waals surface area contributed by atoms with Gasteiger partial charge in [0.25, 0.3) is 0 Å². The summed E-state index contributed by atoms with van der Waals surface area (Å²) in [6, 6.07) is 15.2. The molecule has 5 nitrogen and oxygen atoms in total. The van der Waals surface area contributed by atoms with Gasteiger partial charge >= 0.3 is 0 Å². The fourth-order valence-electron chi connectivity index (χ4n) is 3.34. The highest BCUT2D eigenvalue weighted by atomic mass is 32.1. The molecule has 1 saturated heterocycles. The molecule has 2 N–H and O–H groups in total. The average molecular weight is 383 g/mol.